The second-order valence-electron chi connectivity index (χ2n) is 8.77. The Balaban J connectivity index is 1.54. The van der Waals surface area contributed by atoms with Crippen LogP contribution >= 0.6 is 0 Å². The number of piperazine rings is 1. The van der Waals surface area contributed by atoms with E-state index < -0.39 is 0 Å². The molecule has 0 bridgehead atoms. The highest BCUT2D eigenvalue weighted by molar-refractivity contribution is 5.77. The zero-order valence-corrected chi connectivity index (χ0v) is 18.9. The number of carbonyl (C=O) groups excluding carboxylic acids is 2. The molecule has 1 saturated heterocycles. The molecule has 2 aromatic carbocycles. The van der Waals surface area contributed by atoms with Crippen LogP contribution in [0, 0.1) is 6.92 Å². The van der Waals surface area contributed by atoms with Crippen molar-refractivity contribution in [2.24, 2.45) is 0 Å². The van der Waals surface area contributed by atoms with Crippen molar-refractivity contribution in [3.8, 4) is 0 Å². The van der Waals surface area contributed by atoms with Crippen molar-refractivity contribution < 1.29 is 19.8 Å². The van der Waals surface area contributed by atoms with Crippen molar-refractivity contribution in [3.63, 3.8) is 0 Å². The molecule has 0 radical (unpaired) electrons. The van der Waals surface area contributed by atoms with Gasteiger partial charge >= 0.3 is 0 Å². The van der Waals surface area contributed by atoms with Crippen LogP contribution in [0.5, 0.6) is 0 Å². The molecule has 1 aliphatic rings. The third-order valence-corrected chi connectivity index (χ3v) is 5.81. The fraction of sp³-hybridized carbons (Fsp3) is 0.440. The first-order chi connectivity index (χ1) is 14.9. The highest BCUT2D eigenvalue weighted by atomic mass is 16.2. The zero-order valence-electron chi connectivity index (χ0n) is 18.9. The maximum Gasteiger partial charge on any atom is 0.278 e. The van der Waals surface area contributed by atoms with Crippen molar-refractivity contribution in [2.45, 2.75) is 32.9 Å². The Morgan fingerprint density at radius 2 is 1.61 bits per heavy atom. The maximum atomic E-state index is 12.9. The normalized spacial score (nSPS) is 15.7. The van der Waals surface area contributed by atoms with Gasteiger partial charge in [0.15, 0.2) is 13.1 Å². The smallest absolute Gasteiger partial charge is 0.278 e. The quantitative estimate of drug-likeness (QED) is 0.554. The second-order valence-corrected chi connectivity index (χ2v) is 8.77. The molecular formula is C25H36N4O2+2. The van der Waals surface area contributed by atoms with Crippen LogP contribution in [0.4, 0.5) is 0 Å². The van der Waals surface area contributed by atoms with Gasteiger partial charge in [-0.3, -0.25) is 9.59 Å². The molecule has 0 unspecified atom stereocenters. The van der Waals surface area contributed by atoms with Gasteiger partial charge in [-0.15, -0.1) is 0 Å². The Morgan fingerprint density at radius 1 is 1.00 bits per heavy atom. The summed E-state index contributed by atoms with van der Waals surface area (Å²) in [7, 11) is 0. The van der Waals surface area contributed by atoms with Gasteiger partial charge in [-0.25, -0.2) is 0 Å². The van der Waals surface area contributed by atoms with Crippen LogP contribution in [0.2, 0.25) is 0 Å². The first-order valence-electron chi connectivity index (χ1n) is 11.3. The number of rotatable bonds is 8. The molecule has 4 N–H and O–H groups in total. The van der Waals surface area contributed by atoms with Crippen molar-refractivity contribution in [3.05, 3.63) is 71.3 Å². The number of quaternary nitrogens is 2. The first kappa shape index (κ1) is 23.0. The predicted molar refractivity (Wildman–Crippen MR) is 122 cm³/mol. The van der Waals surface area contributed by atoms with Gasteiger partial charge in [0.1, 0.15) is 6.04 Å². The number of nitrogens with two attached hydrogens (primary N) is 1. The maximum absolute atomic E-state index is 12.9. The van der Waals surface area contributed by atoms with E-state index in [9.17, 15) is 9.59 Å². The van der Waals surface area contributed by atoms with E-state index in [2.05, 4.69) is 54.0 Å². The molecule has 2 aromatic rings. The van der Waals surface area contributed by atoms with E-state index in [-0.39, 0.29) is 23.9 Å². The first-order valence-corrected chi connectivity index (χ1v) is 11.3. The number of hydrogen-bond acceptors (Lipinski definition) is 2. The summed E-state index contributed by atoms with van der Waals surface area (Å²) in [6, 6.07) is 19.2. The Kier molecular flexibility index (Phi) is 8.20. The number of benzene rings is 2. The molecule has 0 saturated carbocycles. The average Bonchev–Trinajstić information content (AvgIpc) is 2.75. The molecule has 1 atom stereocenters. The van der Waals surface area contributed by atoms with Crippen LogP contribution in [-0.4, -0.2) is 62.0 Å². The van der Waals surface area contributed by atoms with E-state index >= 15 is 0 Å². The van der Waals surface area contributed by atoms with Gasteiger partial charge in [-0.1, -0.05) is 60.2 Å². The van der Waals surface area contributed by atoms with E-state index in [1.54, 1.807) is 0 Å². The summed E-state index contributed by atoms with van der Waals surface area (Å²) < 4.78 is 0. The molecule has 31 heavy (non-hydrogen) atoms. The molecule has 2 amide bonds. The van der Waals surface area contributed by atoms with Crippen LogP contribution in [0.25, 0.3) is 0 Å². The van der Waals surface area contributed by atoms with E-state index in [1.165, 1.54) is 21.6 Å². The zero-order chi connectivity index (χ0) is 22.2. The van der Waals surface area contributed by atoms with E-state index in [0.29, 0.717) is 26.2 Å². The number of amides is 2. The lowest BCUT2D eigenvalue weighted by molar-refractivity contribution is -0.896. The lowest BCUT2D eigenvalue weighted by Crippen LogP contribution is -3.16. The molecule has 6 heteroatoms. The summed E-state index contributed by atoms with van der Waals surface area (Å²) in [6.45, 7) is 9.97. The molecule has 0 aromatic heterocycles. The van der Waals surface area contributed by atoms with Crippen LogP contribution in [0.3, 0.4) is 0 Å². The Hall–Kier alpha value is -2.70. The Morgan fingerprint density at radius 3 is 2.23 bits per heavy atom. The molecule has 1 heterocycles. The average molecular weight is 425 g/mol. The standard InChI is InChI=1S/C25H34N4O2/c1-19(2)27-23(30)18-28-13-15-29(16-14-28)24(31)17-26-25(21-7-5-4-6-8-21)22-11-9-20(3)10-12-22/h4-12,19,25-26H,13-18H2,1-3H3,(H,27,30)/p+2/t25-/m1/s1. The third-order valence-electron chi connectivity index (χ3n) is 5.81. The summed E-state index contributed by atoms with van der Waals surface area (Å²) in [4.78, 5) is 28.1. The van der Waals surface area contributed by atoms with Gasteiger partial charge < -0.3 is 20.4 Å². The van der Waals surface area contributed by atoms with Crippen molar-refractivity contribution >= 4 is 11.8 Å². The second kappa shape index (κ2) is 11.1. The minimum Gasteiger partial charge on any atom is -0.349 e. The van der Waals surface area contributed by atoms with Gasteiger partial charge in [-0.05, 0) is 20.8 Å². The van der Waals surface area contributed by atoms with Gasteiger partial charge in [0, 0.05) is 17.2 Å². The summed E-state index contributed by atoms with van der Waals surface area (Å²) >= 11 is 0. The number of nitrogens with zero attached hydrogens (tertiary/aromatic N) is 1. The van der Waals surface area contributed by atoms with Crippen LogP contribution in [0.15, 0.2) is 54.6 Å². The van der Waals surface area contributed by atoms with Crippen molar-refractivity contribution in [2.75, 3.05) is 39.3 Å². The van der Waals surface area contributed by atoms with E-state index in [0.717, 1.165) is 13.1 Å². The molecule has 1 aliphatic heterocycles. The van der Waals surface area contributed by atoms with Gasteiger partial charge in [-0.2, -0.15) is 0 Å². The van der Waals surface area contributed by atoms with Gasteiger partial charge in [0.2, 0.25) is 0 Å². The molecular weight excluding hydrogens is 388 g/mol. The van der Waals surface area contributed by atoms with Gasteiger partial charge in [0.05, 0.1) is 26.2 Å². The van der Waals surface area contributed by atoms with Crippen LogP contribution in [0.1, 0.15) is 36.6 Å². The molecule has 6 nitrogen and oxygen atoms in total. The Labute approximate surface area is 185 Å². The van der Waals surface area contributed by atoms with Crippen LogP contribution < -0.4 is 15.5 Å². The molecule has 166 valence electrons. The molecule has 0 spiro atoms. The number of carbonyl (C=O) groups is 2. The molecule has 3 rings (SSSR count). The minimum atomic E-state index is 0.0851. The Bertz CT molecular complexity index is 844. The predicted octanol–water partition coefficient (Wildman–Crippen LogP) is -0.100. The lowest BCUT2D eigenvalue weighted by Gasteiger charge is -2.32. The lowest BCUT2D eigenvalue weighted by atomic mass is 9.98. The van der Waals surface area contributed by atoms with E-state index in [4.69, 9.17) is 0 Å². The van der Waals surface area contributed by atoms with Crippen molar-refractivity contribution in [1.29, 1.82) is 0 Å². The van der Waals surface area contributed by atoms with Crippen molar-refractivity contribution in [1.82, 2.24) is 10.2 Å². The SMILES string of the molecule is Cc1ccc([C@H]([NH2+]CC(=O)N2CC[NH+](CC(=O)NC(C)C)CC2)c2ccccc2)cc1. The third kappa shape index (κ3) is 6.91. The molecule has 1 fully saturated rings. The summed E-state index contributed by atoms with van der Waals surface area (Å²) in [5, 5.41) is 5.08. The number of nitrogens with one attached hydrogen (secondary N) is 2. The topological polar surface area (TPSA) is 70.5 Å². The molecule has 0 aliphatic carbocycles. The van der Waals surface area contributed by atoms with Crippen LogP contribution in [-0.2, 0) is 9.59 Å². The minimum absolute atomic E-state index is 0.0851. The highest BCUT2D eigenvalue weighted by Crippen LogP contribution is 2.18. The van der Waals surface area contributed by atoms with E-state index in [1.807, 2.05) is 36.9 Å². The highest BCUT2D eigenvalue weighted by Gasteiger charge is 2.27. The summed E-state index contributed by atoms with van der Waals surface area (Å²) in [5.41, 5.74) is 3.63. The largest absolute Gasteiger partial charge is 0.349 e. The fourth-order valence-corrected chi connectivity index (χ4v) is 4.10. The fourth-order valence-electron chi connectivity index (χ4n) is 4.10. The van der Waals surface area contributed by atoms with Gasteiger partial charge in [0.25, 0.3) is 11.8 Å². The summed E-state index contributed by atoms with van der Waals surface area (Å²) in [6.07, 6.45) is 0. The number of aryl methyl sites for hydroxylation is 1. The summed E-state index contributed by atoms with van der Waals surface area (Å²) in [5.74, 6) is 0.251. The monoisotopic (exact) mass is 424 g/mol. The number of hydrogen-bond donors (Lipinski definition) is 3.